The average Bonchev–Trinajstić information content (AvgIpc) is 2.46. The van der Waals surface area contributed by atoms with Crippen molar-refractivity contribution in [1.29, 1.82) is 0 Å². The van der Waals surface area contributed by atoms with Crippen molar-refractivity contribution in [2.45, 2.75) is 13.5 Å². The zero-order valence-electron chi connectivity index (χ0n) is 11.2. The highest BCUT2D eigenvalue weighted by molar-refractivity contribution is 6.01. The molecule has 0 aliphatic carbocycles. The van der Waals surface area contributed by atoms with Crippen molar-refractivity contribution in [3.63, 3.8) is 0 Å². The van der Waals surface area contributed by atoms with Crippen LogP contribution in [0.25, 0.3) is 0 Å². The van der Waals surface area contributed by atoms with Gasteiger partial charge in [-0.2, -0.15) is 9.67 Å². The molecule has 0 radical (unpaired) electrons. The van der Waals surface area contributed by atoms with Crippen LogP contribution in [-0.4, -0.2) is 16.7 Å². The summed E-state index contributed by atoms with van der Waals surface area (Å²) in [6.45, 7) is 1.92. The first-order valence-corrected chi connectivity index (χ1v) is 6.22. The number of aromatic hydroxyl groups is 1. The summed E-state index contributed by atoms with van der Waals surface area (Å²) >= 11 is 0. The standard InChI is InChI=1S/C15H15N3O2/c1-12(13-7-3-4-8-14(13)19)16-17-15(20)11-18-9-5-2-6-10-18/h2-10H,11H2,1H3,(H-,16,17,19,20)/p+1. The van der Waals surface area contributed by atoms with E-state index in [1.165, 1.54) is 0 Å². The lowest BCUT2D eigenvalue weighted by Gasteiger charge is -2.03. The number of pyridine rings is 1. The van der Waals surface area contributed by atoms with E-state index in [4.69, 9.17) is 0 Å². The number of para-hydroxylation sites is 1. The molecule has 0 saturated carbocycles. The van der Waals surface area contributed by atoms with Crippen molar-refractivity contribution in [1.82, 2.24) is 5.43 Å². The minimum absolute atomic E-state index is 0.139. The summed E-state index contributed by atoms with van der Waals surface area (Å²) in [5.41, 5.74) is 3.62. The SMILES string of the molecule is CC(=NNC(=O)C[n+]1ccccc1)c1ccccc1O. The smallest absolute Gasteiger partial charge is 0.305 e. The Hall–Kier alpha value is -2.69. The molecular weight excluding hydrogens is 254 g/mol. The van der Waals surface area contributed by atoms with Gasteiger partial charge in [-0.15, -0.1) is 0 Å². The average molecular weight is 270 g/mol. The van der Waals surface area contributed by atoms with Crippen LogP contribution >= 0.6 is 0 Å². The van der Waals surface area contributed by atoms with Crippen LogP contribution in [0.15, 0.2) is 60.0 Å². The third-order valence-electron chi connectivity index (χ3n) is 2.75. The number of carbonyl (C=O) groups excluding carboxylic acids is 1. The third kappa shape index (κ3) is 3.65. The van der Waals surface area contributed by atoms with Crippen molar-refractivity contribution in [2.24, 2.45) is 5.10 Å². The fourth-order valence-electron chi connectivity index (χ4n) is 1.73. The second-order valence-electron chi connectivity index (χ2n) is 4.30. The molecule has 0 saturated heterocycles. The van der Waals surface area contributed by atoms with Gasteiger partial charge in [-0.25, -0.2) is 5.43 Å². The number of nitrogens with zero attached hydrogens (tertiary/aromatic N) is 2. The number of rotatable bonds is 4. The van der Waals surface area contributed by atoms with Crippen molar-refractivity contribution < 1.29 is 14.5 Å². The Bertz CT molecular complexity index is 624. The lowest BCUT2D eigenvalue weighted by molar-refractivity contribution is -0.684. The Labute approximate surface area is 117 Å². The number of aromatic nitrogens is 1. The van der Waals surface area contributed by atoms with Crippen LogP contribution in [0.2, 0.25) is 0 Å². The van der Waals surface area contributed by atoms with Crippen LogP contribution < -0.4 is 9.99 Å². The molecule has 102 valence electrons. The summed E-state index contributed by atoms with van der Waals surface area (Å²) in [4.78, 5) is 11.7. The highest BCUT2D eigenvalue weighted by atomic mass is 16.3. The first-order valence-electron chi connectivity index (χ1n) is 6.22. The van der Waals surface area contributed by atoms with E-state index in [-0.39, 0.29) is 18.2 Å². The zero-order chi connectivity index (χ0) is 14.4. The molecule has 1 aromatic carbocycles. The van der Waals surface area contributed by atoms with Crippen LogP contribution in [-0.2, 0) is 11.3 Å². The minimum Gasteiger partial charge on any atom is -0.507 e. The van der Waals surface area contributed by atoms with Crippen LogP contribution in [0.5, 0.6) is 5.75 Å². The summed E-state index contributed by atoms with van der Waals surface area (Å²) < 4.78 is 1.75. The molecule has 5 nitrogen and oxygen atoms in total. The molecular formula is C15H16N3O2+. The van der Waals surface area contributed by atoms with Crippen LogP contribution in [0.3, 0.4) is 0 Å². The fraction of sp³-hybridized carbons (Fsp3) is 0.133. The van der Waals surface area contributed by atoms with Crippen molar-refractivity contribution in [2.75, 3.05) is 0 Å². The first kappa shape index (κ1) is 13.7. The largest absolute Gasteiger partial charge is 0.507 e. The second-order valence-corrected chi connectivity index (χ2v) is 4.30. The maximum atomic E-state index is 11.7. The zero-order valence-corrected chi connectivity index (χ0v) is 11.2. The molecule has 5 heteroatoms. The van der Waals surface area contributed by atoms with Crippen molar-refractivity contribution in [3.8, 4) is 5.75 Å². The summed E-state index contributed by atoms with van der Waals surface area (Å²) in [6.07, 6.45) is 3.61. The maximum Gasteiger partial charge on any atom is 0.305 e. The minimum atomic E-state index is -0.226. The van der Waals surface area contributed by atoms with Gasteiger partial charge in [0.2, 0.25) is 6.54 Å². The Morgan fingerprint density at radius 3 is 2.60 bits per heavy atom. The Kier molecular flexibility index (Phi) is 4.44. The third-order valence-corrected chi connectivity index (χ3v) is 2.75. The Morgan fingerprint density at radius 1 is 1.20 bits per heavy atom. The molecule has 0 atom stereocenters. The van der Waals surface area contributed by atoms with E-state index in [0.717, 1.165) is 0 Å². The van der Waals surface area contributed by atoms with Gasteiger partial charge in [0.15, 0.2) is 12.4 Å². The fourth-order valence-corrected chi connectivity index (χ4v) is 1.73. The molecule has 0 spiro atoms. The molecule has 0 aliphatic heterocycles. The molecule has 0 aliphatic rings. The van der Waals surface area contributed by atoms with E-state index in [2.05, 4.69) is 10.5 Å². The van der Waals surface area contributed by atoms with Gasteiger partial charge in [-0.3, -0.25) is 4.79 Å². The quantitative estimate of drug-likeness (QED) is 0.498. The van der Waals surface area contributed by atoms with Gasteiger partial charge in [-0.1, -0.05) is 18.2 Å². The topological polar surface area (TPSA) is 65.6 Å². The predicted octanol–water partition coefficient (Wildman–Crippen LogP) is 1.22. The Balaban J connectivity index is 1.99. The number of carbonyl (C=O) groups is 1. The van der Waals surface area contributed by atoms with Gasteiger partial charge in [0.25, 0.3) is 0 Å². The maximum absolute atomic E-state index is 11.7. The number of benzene rings is 1. The molecule has 1 aromatic heterocycles. The summed E-state index contributed by atoms with van der Waals surface area (Å²) in [5, 5.41) is 13.7. The van der Waals surface area contributed by atoms with Gasteiger partial charge in [0, 0.05) is 17.7 Å². The summed E-state index contributed by atoms with van der Waals surface area (Å²) in [6, 6.07) is 12.4. The van der Waals surface area contributed by atoms with Gasteiger partial charge >= 0.3 is 5.91 Å². The van der Waals surface area contributed by atoms with Gasteiger partial charge in [-0.05, 0) is 19.1 Å². The van der Waals surface area contributed by atoms with E-state index in [9.17, 15) is 9.90 Å². The number of hydrogen-bond donors (Lipinski definition) is 2. The number of phenols is 1. The van der Waals surface area contributed by atoms with Crippen LogP contribution in [0.1, 0.15) is 12.5 Å². The number of nitrogens with one attached hydrogen (secondary N) is 1. The van der Waals surface area contributed by atoms with E-state index >= 15 is 0 Å². The van der Waals surface area contributed by atoms with Crippen LogP contribution in [0, 0.1) is 0 Å². The predicted molar refractivity (Wildman–Crippen MR) is 75.1 cm³/mol. The monoisotopic (exact) mass is 270 g/mol. The molecule has 1 heterocycles. The van der Waals surface area contributed by atoms with E-state index in [1.807, 2.05) is 18.2 Å². The van der Waals surface area contributed by atoms with E-state index < -0.39 is 0 Å². The molecule has 0 fully saturated rings. The van der Waals surface area contributed by atoms with Crippen LogP contribution in [0.4, 0.5) is 0 Å². The van der Waals surface area contributed by atoms with Crippen molar-refractivity contribution >= 4 is 11.6 Å². The second kappa shape index (κ2) is 6.47. The summed E-state index contributed by atoms with van der Waals surface area (Å²) in [5.74, 6) is -0.0867. The normalized spacial score (nSPS) is 11.2. The molecule has 2 aromatic rings. The summed E-state index contributed by atoms with van der Waals surface area (Å²) in [7, 11) is 0. The lowest BCUT2D eigenvalue weighted by atomic mass is 10.1. The van der Waals surface area contributed by atoms with Gasteiger partial charge < -0.3 is 5.11 Å². The molecule has 0 bridgehead atoms. The van der Waals surface area contributed by atoms with Crippen molar-refractivity contribution in [3.05, 3.63) is 60.4 Å². The number of hydrogen-bond acceptors (Lipinski definition) is 3. The number of amides is 1. The van der Waals surface area contributed by atoms with Gasteiger partial charge in [0.05, 0.1) is 5.71 Å². The highest BCUT2D eigenvalue weighted by Gasteiger charge is 2.08. The van der Waals surface area contributed by atoms with E-state index in [0.29, 0.717) is 11.3 Å². The first-order chi connectivity index (χ1) is 9.66. The molecule has 20 heavy (non-hydrogen) atoms. The molecule has 1 amide bonds. The van der Waals surface area contributed by atoms with E-state index in [1.54, 1.807) is 48.1 Å². The highest BCUT2D eigenvalue weighted by Crippen LogP contribution is 2.15. The number of phenolic OH excluding ortho intramolecular Hbond substituents is 1. The molecule has 2 N–H and O–H groups in total. The lowest BCUT2D eigenvalue weighted by Crippen LogP contribution is -2.41. The molecule has 2 rings (SSSR count). The Morgan fingerprint density at radius 2 is 1.90 bits per heavy atom. The van der Waals surface area contributed by atoms with Gasteiger partial charge in [0.1, 0.15) is 5.75 Å². The molecule has 0 unspecified atom stereocenters. The number of hydrazone groups is 1.